The van der Waals surface area contributed by atoms with Crippen LogP contribution in [0, 0.1) is 0 Å². The van der Waals surface area contributed by atoms with Crippen molar-refractivity contribution in [1.29, 1.82) is 0 Å². The van der Waals surface area contributed by atoms with Crippen molar-refractivity contribution in [3.8, 4) is 0 Å². The second-order valence-corrected chi connectivity index (χ2v) is 6.03. The number of rotatable bonds is 5. The quantitative estimate of drug-likeness (QED) is 0.361. The maximum absolute atomic E-state index is 12.6. The van der Waals surface area contributed by atoms with Crippen molar-refractivity contribution in [2.24, 2.45) is 0 Å². The number of hydrogen-bond donors (Lipinski definition) is 2. The van der Waals surface area contributed by atoms with Crippen LogP contribution in [0.15, 0.2) is 48.7 Å². The van der Waals surface area contributed by atoms with Crippen molar-refractivity contribution in [1.82, 2.24) is 14.8 Å². The minimum Gasteiger partial charge on any atom is -0.480 e. The van der Waals surface area contributed by atoms with Gasteiger partial charge in [0.15, 0.2) is 5.11 Å². The number of carbonyl (C=O) groups excluding carboxylic acids is 2. The summed E-state index contributed by atoms with van der Waals surface area (Å²) >= 11 is 5.02. The summed E-state index contributed by atoms with van der Waals surface area (Å²) in [7, 11) is 0. The molecule has 0 unspecified atom stereocenters. The summed E-state index contributed by atoms with van der Waals surface area (Å²) in [5.74, 6) is -2.09. The summed E-state index contributed by atoms with van der Waals surface area (Å²) in [5.41, 5.74) is 1.20. The molecule has 0 saturated carbocycles. The highest BCUT2D eigenvalue weighted by Gasteiger charge is 2.32. The first kappa shape index (κ1) is 17.6. The van der Waals surface area contributed by atoms with Crippen molar-refractivity contribution in [2.75, 3.05) is 6.54 Å². The van der Waals surface area contributed by atoms with E-state index >= 15 is 0 Å². The molecule has 1 aliphatic heterocycles. The molecule has 8 heteroatoms. The summed E-state index contributed by atoms with van der Waals surface area (Å²) in [5, 5.41) is 12.3. The summed E-state index contributed by atoms with van der Waals surface area (Å²) in [6.07, 6.45) is 4.57. The average Bonchev–Trinajstić information content (AvgIpc) is 2.92. The van der Waals surface area contributed by atoms with E-state index in [-0.39, 0.29) is 23.8 Å². The Balaban J connectivity index is 2.10. The summed E-state index contributed by atoms with van der Waals surface area (Å²) < 4.78 is 1.56. The Kier molecular flexibility index (Phi) is 4.68. The van der Waals surface area contributed by atoms with Gasteiger partial charge in [-0.25, -0.2) is 0 Å². The van der Waals surface area contributed by atoms with Gasteiger partial charge in [0, 0.05) is 29.2 Å². The zero-order valence-corrected chi connectivity index (χ0v) is 14.5. The molecule has 132 valence electrons. The van der Waals surface area contributed by atoms with E-state index < -0.39 is 17.8 Å². The molecule has 0 bridgehead atoms. The number of aromatic nitrogens is 1. The van der Waals surface area contributed by atoms with E-state index in [4.69, 9.17) is 17.3 Å². The van der Waals surface area contributed by atoms with Gasteiger partial charge in [-0.3, -0.25) is 24.6 Å². The van der Waals surface area contributed by atoms with E-state index in [0.29, 0.717) is 11.1 Å². The minimum absolute atomic E-state index is 0.0327. The van der Waals surface area contributed by atoms with Gasteiger partial charge in [-0.15, -0.1) is 6.58 Å². The van der Waals surface area contributed by atoms with Crippen LogP contribution in [0.2, 0.25) is 0 Å². The highest BCUT2D eigenvalue weighted by atomic mass is 32.1. The number of fused-ring (bicyclic) bond motifs is 1. The smallest absolute Gasteiger partial charge is 0.323 e. The number of para-hydroxylation sites is 1. The molecular formula is C18H15N3O4S. The van der Waals surface area contributed by atoms with E-state index in [1.54, 1.807) is 35.0 Å². The standard InChI is InChI=1S/C18H15N3O4S/c1-2-7-21-17(25)13(16(24)19-18(21)26)8-11-9-20(10-15(22)23)14-6-4-3-5-12(11)14/h2-6,8-9H,1,7,10H2,(H,22,23)(H,19,24,26)/b13-8+. The first-order valence-corrected chi connectivity index (χ1v) is 8.12. The topological polar surface area (TPSA) is 91.6 Å². The van der Waals surface area contributed by atoms with Crippen LogP contribution in [0.3, 0.4) is 0 Å². The van der Waals surface area contributed by atoms with Gasteiger partial charge in [0.25, 0.3) is 11.8 Å². The Labute approximate surface area is 154 Å². The van der Waals surface area contributed by atoms with Crippen LogP contribution in [0.4, 0.5) is 0 Å². The number of thiocarbonyl (C=S) groups is 1. The van der Waals surface area contributed by atoms with Crippen LogP contribution < -0.4 is 5.32 Å². The Hall–Kier alpha value is -3.26. The maximum Gasteiger partial charge on any atom is 0.323 e. The number of amides is 2. The van der Waals surface area contributed by atoms with Crippen LogP contribution in [-0.2, 0) is 20.9 Å². The molecule has 3 rings (SSSR count). The number of carboxylic acid groups (broad SMARTS) is 1. The van der Waals surface area contributed by atoms with Crippen molar-refractivity contribution < 1.29 is 19.5 Å². The number of aliphatic carboxylic acids is 1. The molecule has 1 aliphatic rings. The Morgan fingerprint density at radius 1 is 1.31 bits per heavy atom. The van der Waals surface area contributed by atoms with Crippen molar-refractivity contribution >= 4 is 52.1 Å². The lowest BCUT2D eigenvalue weighted by molar-refractivity contribution is -0.137. The van der Waals surface area contributed by atoms with Crippen molar-refractivity contribution in [2.45, 2.75) is 6.54 Å². The van der Waals surface area contributed by atoms with Gasteiger partial charge in [0.1, 0.15) is 12.1 Å². The molecule has 0 radical (unpaired) electrons. The molecule has 1 aromatic heterocycles. The summed E-state index contributed by atoms with van der Waals surface area (Å²) in [6, 6.07) is 7.18. The fraction of sp³-hybridized carbons (Fsp3) is 0.111. The molecule has 1 saturated heterocycles. The zero-order valence-electron chi connectivity index (χ0n) is 13.6. The lowest BCUT2D eigenvalue weighted by Gasteiger charge is -2.27. The predicted molar refractivity (Wildman–Crippen MR) is 100 cm³/mol. The highest BCUT2D eigenvalue weighted by molar-refractivity contribution is 7.80. The first-order chi connectivity index (χ1) is 12.4. The lowest BCUT2D eigenvalue weighted by atomic mass is 10.1. The van der Waals surface area contributed by atoms with Crippen LogP contribution in [0.25, 0.3) is 17.0 Å². The molecular weight excluding hydrogens is 354 g/mol. The first-order valence-electron chi connectivity index (χ1n) is 7.72. The maximum atomic E-state index is 12.6. The molecule has 2 heterocycles. The largest absolute Gasteiger partial charge is 0.480 e. The van der Waals surface area contributed by atoms with Crippen LogP contribution in [0.5, 0.6) is 0 Å². The predicted octanol–water partition coefficient (Wildman–Crippen LogP) is 1.54. The van der Waals surface area contributed by atoms with Gasteiger partial charge < -0.3 is 9.67 Å². The van der Waals surface area contributed by atoms with E-state index in [1.807, 2.05) is 0 Å². The van der Waals surface area contributed by atoms with Crippen molar-refractivity contribution in [3.63, 3.8) is 0 Å². The third kappa shape index (κ3) is 3.14. The molecule has 2 N–H and O–H groups in total. The van der Waals surface area contributed by atoms with Gasteiger partial charge in [0.05, 0.1) is 0 Å². The summed E-state index contributed by atoms with van der Waals surface area (Å²) in [4.78, 5) is 37.2. The molecule has 1 fully saturated rings. The number of nitrogens with zero attached hydrogens (tertiary/aromatic N) is 2. The van der Waals surface area contributed by atoms with Crippen LogP contribution in [0.1, 0.15) is 5.56 Å². The molecule has 7 nitrogen and oxygen atoms in total. The third-order valence-electron chi connectivity index (χ3n) is 3.92. The molecule has 0 atom stereocenters. The van der Waals surface area contributed by atoms with Gasteiger partial charge >= 0.3 is 5.97 Å². The van der Waals surface area contributed by atoms with Crippen LogP contribution >= 0.6 is 12.2 Å². The summed E-state index contributed by atoms with van der Waals surface area (Å²) in [6.45, 7) is 3.53. The molecule has 2 aromatic rings. The second-order valence-electron chi connectivity index (χ2n) is 5.64. The molecule has 0 aliphatic carbocycles. The van der Waals surface area contributed by atoms with E-state index in [0.717, 1.165) is 5.39 Å². The minimum atomic E-state index is -0.987. The number of carboxylic acids is 1. The van der Waals surface area contributed by atoms with E-state index in [1.165, 1.54) is 17.1 Å². The highest BCUT2D eigenvalue weighted by Crippen LogP contribution is 2.25. The van der Waals surface area contributed by atoms with Crippen LogP contribution in [-0.4, -0.2) is 44.0 Å². The monoisotopic (exact) mass is 369 g/mol. The number of hydrogen-bond acceptors (Lipinski definition) is 4. The number of nitrogens with one attached hydrogen (secondary N) is 1. The van der Waals surface area contributed by atoms with E-state index in [9.17, 15) is 14.4 Å². The normalized spacial score (nSPS) is 16.2. The molecule has 2 amide bonds. The Bertz CT molecular complexity index is 989. The SMILES string of the molecule is C=CCN1C(=O)/C(=C/c2cn(CC(=O)O)c3ccccc23)C(=O)NC1=S. The Morgan fingerprint density at radius 3 is 2.73 bits per heavy atom. The lowest BCUT2D eigenvalue weighted by Crippen LogP contribution is -2.53. The Morgan fingerprint density at radius 2 is 2.04 bits per heavy atom. The third-order valence-corrected chi connectivity index (χ3v) is 4.24. The van der Waals surface area contributed by atoms with Gasteiger partial charge in [0.2, 0.25) is 0 Å². The average molecular weight is 369 g/mol. The van der Waals surface area contributed by atoms with Crippen molar-refractivity contribution in [3.05, 3.63) is 54.3 Å². The zero-order chi connectivity index (χ0) is 18.8. The molecule has 1 aromatic carbocycles. The second kappa shape index (κ2) is 6.93. The number of benzene rings is 1. The molecule has 0 spiro atoms. The van der Waals surface area contributed by atoms with Gasteiger partial charge in [-0.05, 0) is 24.4 Å². The van der Waals surface area contributed by atoms with Gasteiger partial charge in [-0.1, -0.05) is 24.3 Å². The number of carbonyl (C=O) groups is 3. The molecule has 26 heavy (non-hydrogen) atoms. The van der Waals surface area contributed by atoms with Gasteiger partial charge in [-0.2, -0.15) is 0 Å². The fourth-order valence-electron chi connectivity index (χ4n) is 2.81. The van der Waals surface area contributed by atoms with E-state index in [2.05, 4.69) is 11.9 Å². The fourth-order valence-corrected chi connectivity index (χ4v) is 3.06.